The first-order valence-electron chi connectivity index (χ1n) is 10.5. The molecule has 3 aromatic carbocycles. The third kappa shape index (κ3) is 3.07. The number of rotatable bonds is 4. The molecular weight excluding hydrogens is 420 g/mol. The van der Waals surface area contributed by atoms with E-state index in [0.29, 0.717) is 27.7 Å². The van der Waals surface area contributed by atoms with Crippen LogP contribution in [0.3, 0.4) is 0 Å². The SMILES string of the molecule is C[C@H](c1ccccc1)N1C(=O)c2ccccc2C1(O)c1ccc2nc(N(C)C(=O)O)[nH]c2c1. The van der Waals surface area contributed by atoms with Gasteiger partial charge in [-0.1, -0.05) is 54.6 Å². The number of nitrogens with zero attached hydrogens (tertiary/aromatic N) is 3. The van der Waals surface area contributed by atoms with Gasteiger partial charge in [0.25, 0.3) is 5.91 Å². The molecule has 1 aromatic heterocycles. The Hall–Kier alpha value is -4.17. The number of aromatic nitrogens is 2. The minimum absolute atomic E-state index is 0.166. The first-order chi connectivity index (χ1) is 15.8. The van der Waals surface area contributed by atoms with Gasteiger partial charge in [0, 0.05) is 23.7 Å². The van der Waals surface area contributed by atoms with Crippen molar-refractivity contribution in [2.45, 2.75) is 18.7 Å². The molecule has 1 aliphatic heterocycles. The van der Waals surface area contributed by atoms with Crippen LogP contribution in [-0.2, 0) is 5.72 Å². The number of hydrogen-bond acceptors (Lipinski definition) is 4. The molecule has 3 N–H and O–H groups in total. The molecule has 4 aromatic rings. The summed E-state index contributed by atoms with van der Waals surface area (Å²) < 4.78 is 0. The molecule has 5 rings (SSSR count). The smallest absolute Gasteiger partial charge is 0.413 e. The minimum Gasteiger partial charge on any atom is -0.465 e. The summed E-state index contributed by atoms with van der Waals surface area (Å²) in [6.07, 6.45) is -1.15. The van der Waals surface area contributed by atoms with Gasteiger partial charge in [-0.05, 0) is 30.7 Å². The minimum atomic E-state index is -1.72. The zero-order valence-electron chi connectivity index (χ0n) is 18.1. The third-order valence-electron chi connectivity index (χ3n) is 6.25. The lowest BCUT2D eigenvalue weighted by atomic mass is 9.92. The highest BCUT2D eigenvalue weighted by molar-refractivity contribution is 6.01. The van der Waals surface area contributed by atoms with Crippen molar-refractivity contribution in [3.8, 4) is 0 Å². The Morgan fingerprint density at radius 2 is 1.79 bits per heavy atom. The van der Waals surface area contributed by atoms with Crippen LogP contribution >= 0.6 is 0 Å². The van der Waals surface area contributed by atoms with Gasteiger partial charge in [0.15, 0.2) is 5.72 Å². The van der Waals surface area contributed by atoms with Crippen LogP contribution in [0.2, 0.25) is 0 Å². The Labute approximate surface area is 189 Å². The molecule has 8 nitrogen and oxygen atoms in total. The zero-order valence-corrected chi connectivity index (χ0v) is 18.1. The van der Waals surface area contributed by atoms with Gasteiger partial charge in [0.05, 0.1) is 17.1 Å². The predicted molar refractivity (Wildman–Crippen MR) is 123 cm³/mol. The number of hydrogen-bond donors (Lipinski definition) is 3. The lowest BCUT2D eigenvalue weighted by Gasteiger charge is -2.39. The first kappa shape index (κ1) is 20.7. The third-order valence-corrected chi connectivity index (χ3v) is 6.25. The number of carbonyl (C=O) groups is 2. The molecule has 1 unspecified atom stereocenters. The number of carboxylic acid groups (broad SMARTS) is 1. The Morgan fingerprint density at radius 1 is 1.09 bits per heavy atom. The lowest BCUT2D eigenvalue weighted by Crippen LogP contribution is -2.46. The maximum absolute atomic E-state index is 13.5. The monoisotopic (exact) mass is 442 g/mol. The highest BCUT2D eigenvalue weighted by Gasteiger charge is 2.52. The van der Waals surface area contributed by atoms with Gasteiger partial charge in [-0.25, -0.2) is 9.78 Å². The van der Waals surface area contributed by atoms with Crippen molar-refractivity contribution >= 4 is 29.0 Å². The molecule has 166 valence electrons. The topological polar surface area (TPSA) is 110 Å². The number of benzene rings is 3. The Balaban J connectivity index is 1.68. The second-order valence-electron chi connectivity index (χ2n) is 8.11. The number of nitrogens with one attached hydrogen (secondary N) is 1. The summed E-state index contributed by atoms with van der Waals surface area (Å²) in [6.45, 7) is 1.89. The van der Waals surface area contributed by atoms with Crippen molar-refractivity contribution in [1.82, 2.24) is 14.9 Å². The van der Waals surface area contributed by atoms with Crippen molar-refractivity contribution in [2.75, 3.05) is 11.9 Å². The van der Waals surface area contributed by atoms with E-state index >= 15 is 0 Å². The van der Waals surface area contributed by atoms with Crippen molar-refractivity contribution in [1.29, 1.82) is 0 Å². The number of aromatic amines is 1. The van der Waals surface area contributed by atoms with Crippen LogP contribution in [0.5, 0.6) is 0 Å². The molecule has 0 radical (unpaired) electrons. The van der Waals surface area contributed by atoms with Crippen molar-refractivity contribution in [3.05, 3.63) is 95.1 Å². The maximum atomic E-state index is 13.5. The molecule has 0 aliphatic carbocycles. The van der Waals surface area contributed by atoms with Crippen LogP contribution in [0.4, 0.5) is 10.7 Å². The van der Waals surface area contributed by atoms with E-state index in [2.05, 4.69) is 9.97 Å². The fraction of sp³-hybridized carbons (Fsp3) is 0.160. The quantitative estimate of drug-likeness (QED) is 0.441. The maximum Gasteiger partial charge on any atom is 0.413 e. The largest absolute Gasteiger partial charge is 0.465 e. The molecule has 0 spiro atoms. The van der Waals surface area contributed by atoms with E-state index in [1.54, 1.807) is 42.5 Å². The van der Waals surface area contributed by atoms with Crippen molar-refractivity contribution < 1.29 is 19.8 Å². The van der Waals surface area contributed by atoms with E-state index in [-0.39, 0.29) is 11.9 Å². The number of anilines is 1. The molecular formula is C25H22N4O4. The van der Waals surface area contributed by atoms with E-state index in [0.717, 1.165) is 10.5 Å². The summed E-state index contributed by atoms with van der Waals surface area (Å²) in [5.74, 6) is -0.0977. The molecule has 2 amide bonds. The van der Waals surface area contributed by atoms with E-state index < -0.39 is 17.9 Å². The molecule has 33 heavy (non-hydrogen) atoms. The second kappa shape index (κ2) is 7.46. The number of amides is 2. The van der Waals surface area contributed by atoms with E-state index in [1.807, 2.05) is 37.3 Å². The molecule has 0 saturated carbocycles. The summed E-state index contributed by atoms with van der Waals surface area (Å²) in [5, 5.41) is 21.5. The number of carbonyl (C=O) groups excluding carboxylic acids is 1. The number of aliphatic hydroxyl groups is 1. The summed E-state index contributed by atoms with van der Waals surface area (Å²) in [7, 11) is 1.39. The Kier molecular flexibility index (Phi) is 4.68. The number of H-pyrrole nitrogens is 1. The number of fused-ring (bicyclic) bond motifs is 2. The summed E-state index contributed by atoms with van der Waals surface area (Å²) in [5.41, 5.74) is 1.69. The first-order valence-corrected chi connectivity index (χ1v) is 10.5. The molecule has 0 saturated heterocycles. The van der Waals surface area contributed by atoms with Crippen molar-refractivity contribution in [3.63, 3.8) is 0 Å². The van der Waals surface area contributed by atoms with Gasteiger partial charge in [-0.2, -0.15) is 0 Å². The van der Waals surface area contributed by atoms with Crippen molar-refractivity contribution in [2.24, 2.45) is 0 Å². The normalized spacial score (nSPS) is 18.4. The molecule has 2 heterocycles. The van der Waals surface area contributed by atoms with E-state index in [9.17, 15) is 19.8 Å². The van der Waals surface area contributed by atoms with Crippen LogP contribution in [0.25, 0.3) is 11.0 Å². The van der Waals surface area contributed by atoms with E-state index in [4.69, 9.17) is 0 Å². The summed E-state index contributed by atoms with van der Waals surface area (Å²) in [4.78, 5) is 34.6. The Bertz CT molecular complexity index is 1380. The average molecular weight is 442 g/mol. The number of imidazole rings is 1. The summed E-state index contributed by atoms with van der Waals surface area (Å²) >= 11 is 0. The fourth-order valence-corrected chi connectivity index (χ4v) is 4.47. The molecule has 0 fully saturated rings. The predicted octanol–water partition coefficient (Wildman–Crippen LogP) is 4.09. The van der Waals surface area contributed by atoms with Crippen LogP contribution in [0.1, 0.15) is 40.0 Å². The standard InChI is InChI=1S/C25H22N4O4/c1-15(16-8-4-3-5-9-16)29-22(30)18-10-6-7-11-19(18)25(29,33)17-12-13-20-21(14-17)27-23(26-20)28(2)24(31)32/h3-15,33H,1-2H3,(H,26,27)(H,31,32)/t15-,25?/m1/s1. The lowest BCUT2D eigenvalue weighted by molar-refractivity contribution is -0.0676. The van der Waals surface area contributed by atoms with Crippen LogP contribution in [-0.4, -0.2) is 44.1 Å². The van der Waals surface area contributed by atoms with Gasteiger partial charge in [0.1, 0.15) is 0 Å². The van der Waals surface area contributed by atoms with Gasteiger partial charge < -0.3 is 15.2 Å². The molecule has 8 heteroatoms. The second-order valence-corrected chi connectivity index (χ2v) is 8.11. The summed E-state index contributed by atoms with van der Waals surface area (Å²) in [6, 6.07) is 21.3. The van der Waals surface area contributed by atoms with Gasteiger partial charge >= 0.3 is 6.09 Å². The molecule has 0 bridgehead atoms. The molecule has 1 aliphatic rings. The van der Waals surface area contributed by atoms with Gasteiger partial charge in [-0.3, -0.25) is 14.6 Å². The molecule has 2 atom stereocenters. The fourth-order valence-electron chi connectivity index (χ4n) is 4.47. The Morgan fingerprint density at radius 3 is 2.52 bits per heavy atom. The van der Waals surface area contributed by atoms with Crippen LogP contribution < -0.4 is 4.90 Å². The van der Waals surface area contributed by atoms with Gasteiger partial charge in [0.2, 0.25) is 5.95 Å². The van der Waals surface area contributed by atoms with Crippen LogP contribution in [0.15, 0.2) is 72.8 Å². The zero-order chi connectivity index (χ0) is 23.3. The van der Waals surface area contributed by atoms with E-state index in [1.165, 1.54) is 11.9 Å². The highest BCUT2D eigenvalue weighted by Crippen LogP contribution is 2.47. The van der Waals surface area contributed by atoms with Crippen LogP contribution in [0, 0.1) is 0 Å². The van der Waals surface area contributed by atoms with Gasteiger partial charge in [-0.15, -0.1) is 0 Å². The average Bonchev–Trinajstić information content (AvgIpc) is 3.36. The highest BCUT2D eigenvalue weighted by atomic mass is 16.4.